The molecular weight excluding hydrogens is 516 g/mol. The summed E-state index contributed by atoms with van der Waals surface area (Å²) >= 11 is 6.22. The Morgan fingerprint density at radius 2 is 1.95 bits per heavy atom. The minimum Gasteiger partial charge on any atom is -0.467 e. The number of methoxy groups -OCH3 is 1. The molecule has 3 aromatic rings. The van der Waals surface area contributed by atoms with Crippen molar-refractivity contribution < 1.29 is 24.2 Å². The number of hydrogen-bond donors (Lipinski definition) is 4. The predicted octanol–water partition coefficient (Wildman–Crippen LogP) is 3.83. The van der Waals surface area contributed by atoms with Crippen LogP contribution in [-0.4, -0.2) is 56.6 Å². The molecule has 1 aliphatic carbocycles. The number of carbonyl (C=O) groups excluding carboxylic acids is 2. The van der Waals surface area contributed by atoms with Crippen LogP contribution in [0.1, 0.15) is 59.2 Å². The van der Waals surface area contributed by atoms with E-state index in [1.54, 1.807) is 0 Å². The maximum atomic E-state index is 12.9. The second kappa shape index (κ2) is 11.9. The Labute approximate surface area is 222 Å². The molecule has 2 aromatic heterocycles. The average molecular weight is 543 g/mol. The first-order chi connectivity index (χ1) is 18.2. The zero-order valence-electron chi connectivity index (χ0n) is 20.6. The smallest absolute Gasteiger partial charge is 0.426 e. The van der Waals surface area contributed by atoms with Crippen molar-refractivity contribution in [2.45, 2.75) is 38.5 Å². The first-order valence-corrected chi connectivity index (χ1v) is 12.5. The van der Waals surface area contributed by atoms with Gasteiger partial charge in [-0.05, 0) is 36.6 Å². The van der Waals surface area contributed by atoms with Crippen LogP contribution in [0.15, 0.2) is 35.3 Å². The molecule has 0 bridgehead atoms. The molecular formula is C25H27ClN6O6. The van der Waals surface area contributed by atoms with Crippen molar-refractivity contribution in [2.24, 2.45) is 5.92 Å². The van der Waals surface area contributed by atoms with Crippen LogP contribution in [0, 0.1) is 5.92 Å². The number of carbonyl (C=O) groups is 3. The van der Waals surface area contributed by atoms with Gasteiger partial charge < -0.3 is 20.1 Å². The molecule has 1 aromatic carbocycles. The third kappa shape index (κ3) is 6.38. The van der Waals surface area contributed by atoms with Crippen molar-refractivity contribution in [3.05, 3.63) is 57.0 Å². The predicted molar refractivity (Wildman–Crippen MR) is 140 cm³/mol. The van der Waals surface area contributed by atoms with Gasteiger partial charge in [0.1, 0.15) is 11.2 Å². The number of nitrogens with one attached hydrogen (secondary N) is 3. The zero-order chi connectivity index (χ0) is 27.2. The molecule has 12 nitrogen and oxygen atoms in total. The highest BCUT2D eigenvalue weighted by molar-refractivity contribution is 6.34. The van der Waals surface area contributed by atoms with Crippen LogP contribution in [0.25, 0.3) is 11.0 Å². The summed E-state index contributed by atoms with van der Waals surface area (Å²) in [6, 6.07) is 5.49. The molecule has 38 heavy (non-hydrogen) atoms. The minimum absolute atomic E-state index is 0.0580. The lowest BCUT2D eigenvalue weighted by Crippen LogP contribution is -2.46. The van der Waals surface area contributed by atoms with Gasteiger partial charge in [-0.2, -0.15) is 4.98 Å². The monoisotopic (exact) mass is 542 g/mol. The van der Waals surface area contributed by atoms with Gasteiger partial charge in [0.05, 0.1) is 17.8 Å². The number of ether oxygens (including phenoxy) is 1. The van der Waals surface area contributed by atoms with Gasteiger partial charge in [0.2, 0.25) is 0 Å². The van der Waals surface area contributed by atoms with Gasteiger partial charge in [0.15, 0.2) is 0 Å². The number of amides is 3. The van der Waals surface area contributed by atoms with Crippen LogP contribution in [0.3, 0.4) is 0 Å². The lowest BCUT2D eigenvalue weighted by atomic mass is 9.87. The number of hydrogen-bond acceptors (Lipinski definition) is 7. The molecule has 0 atom stereocenters. The summed E-state index contributed by atoms with van der Waals surface area (Å²) in [5, 5.41) is 13.5. The van der Waals surface area contributed by atoms with E-state index in [0.29, 0.717) is 17.7 Å². The fraction of sp³-hybridized carbons (Fsp3) is 0.360. The van der Waals surface area contributed by atoms with Gasteiger partial charge in [0, 0.05) is 23.7 Å². The van der Waals surface area contributed by atoms with Gasteiger partial charge >= 0.3 is 12.1 Å². The van der Waals surface area contributed by atoms with E-state index < -0.39 is 23.5 Å². The Kier molecular flexibility index (Phi) is 8.41. The van der Waals surface area contributed by atoms with E-state index in [2.05, 4.69) is 25.7 Å². The van der Waals surface area contributed by atoms with E-state index >= 15 is 0 Å². The van der Waals surface area contributed by atoms with Crippen molar-refractivity contribution in [1.82, 2.24) is 25.4 Å². The molecule has 3 amide bonds. The number of pyridine rings is 1. The third-order valence-electron chi connectivity index (χ3n) is 6.43. The largest absolute Gasteiger partial charge is 0.467 e. The Morgan fingerprint density at radius 1 is 1.18 bits per heavy atom. The molecule has 0 saturated heterocycles. The van der Waals surface area contributed by atoms with Crippen molar-refractivity contribution in [1.29, 1.82) is 0 Å². The quantitative estimate of drug-likeness (QED) is 0.327. The Morgan fingerprint density at radius 3 is 2.66 bits per heavy atom. The second-order valence-corrected chi connectivity index (χ2v) is 9.40. The summed E-state index contributed by atoms with van der Waals surface area (Å²) in [6.45, 7) is 0.170. The molecule has 1 aliphatic rings. The van der Waals surface area contributed by atoms with Crippen molar-refractivity contribution in [3.8, 4) is 6.01 Å². The summed E-state index contributed by atoms with van der Waals surface area (Å²) in [5.41, 5.74) is 1.81. The van der Waals surface area contributed by atoms with Crippen molar-refractivity contribution in [2.75, 3.05) is 19.0 Å². The number of fused-ring (bicyclic) bond motifs is 1. The molecule has 13 heteroatoms. The highest BCUT2D eigenvalue weighted by Gasteiger charge is 2.21. The maximum absolute atomic E-state index is 12.9. The van der Waals surface area contributed by atoms with Crippen LogP contribution in [0.4, 0.5) is 10.5 Å². The highest BCUT2D eigenvalue weighted by Crippen LogP contribution is 2.27. The molecule has 4 rings (SSSR count). The van der Waals surface area contributed by atoms with E-state index in [0.717, 1.165) is 30.7 Å². The molecule has 4 N–H and O–H groups in total. The van der Waals surface area contributed by atoms with Crippen LogP contribution in [0.5, 0.6) is 6.01 Å². The normalized spacial score (nSPS) is 13.6. The first-order valence-electron chi connectivity index (χ1n) is 12.1. The first kappa shape index (κ1) is 26.9. The van der Waals surface area contributed by atoms with Crippen LogP contribution in [-0.2, 0) is 0 Å². The number of nitrogens with zero attached hydrogens (tertiary/aromatic N) is 3. The number of aromatic nitrogens is 3. The molecule has 0 spiro atoms. The average Bonchev–Trinajstić information content (AvgIpc) is 2.91. The van der Waals surface area contributed by atoms with E-state index in [1.165, 1.54) is 44.0 Å². The number of hydrazine groups is 1. The second-order valence-electron chi connectivity index (χ2n) is 8.99. The standard InChI is InChI=1S/C25H27ClN6O6/c1-38-24-27-13-16-11-17(23(35)29-20(16)30-24)22(34)28-19-12-15(7-8-18(19)26)21(33)31-32(25(36)37)10-9-14-5-3-2-4-6-14/h7-8,11-14H,2-6,9-10H2,1H3,(H,28,34)(H,31,33)(H,36,37)(H,27,29,30,35). The van der Waals surface area contributed by atoms with Crippen LogP contribution in [0.2, 0.25) is 5.02 Å². The van der Waals surface area contributed by atoms with Gasteiger partial charge in [-0.1, -0.05) is 43.7 Å². The van der Waals surface area contributed by atoms with Crippen molar-refractivity contribution >= 4 is 46.2 Å². The molecule has 0 radical (unpaired) electrons. The molecule has 0 aliphatic heterocycles. The maximum Gasteiger partial charge on any atom is 0.426 e. The highest BCUT2D eigenvalue weighted by atomic mass is 35.5. The van der Waals surface area contributed by atoms with E-state index in [9.17, 15) is 24.3 Å². The number of anilines is 1. The van der Waals surface area contributed by atoms with Gasteiger partial charge in [-0.25, -0.2) is 14.8 Å². The zero-order valence-corrected chi connectivity index (χ0v) is 21.4. The fourth-order valence-electron chi connectivity index (χ4n) is 4.37. The fourth-order valence-corrected chi connectivity index (χ4v) is 4.53. The summed E-state index contributed by atoms with van der Waals surface area (Å²) in [7, 11) is 1.38. The molecule has 1 saturated carbocycles. The molecule has 2 heterocycles. The molecule has 0 unspecified atom stereocenters. The Hall–Kier alpha value is -4.19. The van der Waals surface area contributed by atoms with E-state index in [-0.39, 0.29) is 40.0 Å². The van der Waals surface area contributed by atoms with Crippen molar-refractivity contribution in [3.63, 3.8) is 0 Å². The topological polar surface area (TPSA) is 167 Å². The van der Waals surface area contributed by atoms with Gasteiger partial charge in [-0.15, -0.1) is 0 Å². The summed E-state index contributed by atoms with van der Waals surface area (Å²) in [5.74, 6) is -1.02. The number of aromatic amines is 1. The summed E-state index contributed by atoms with van der Waals surface area (Å²) in [4.78, 5) is 60.4. The third-order valence-corrected chi connectivity index (χ3v) is 6.76. The number of carboxylic acid groups (broad SMARTS) is 1. The lowest BCUT2D eigenvalue weighted by Gasteiger charge is -2.25. The lowest BCUT2D eigenvalue weighted by molar-refractivity contribution is 0.0738. The molecule has 1 fully saturated rings. The Balaban J connectivity index is 1.47. The number of H-pyrrole nitrogens is 1. The number of halogens is 1. The molecule has 200 valence electrons. The number of benzene rings is 1. The Bertz CT molecular complexity index is 1420. The van der Waals surface area contributed by atoms with Crippen LogP contribution >= 0.6 is 11.6 Å². The summed E-state index contributed by atoms with van der Waals surface area (Å²) in [6.07, 6.45) is 6.37. The summed E-state index contributed by atoms with van der Waals surface area (Å²) < 4.78 is 4.93. The van der Waals surface area contributed by atoms with E-state index in [4.69, 9.17) is 16.3 Å². The van der Waals surface area contributed by atoms with Gasteiger partial charge in [-0.3, -0.25) is 19.8 Å². The van der Waals surface area contributed by atoms with E-state index in [1.807, 2.05) is 0 Å². The van der Waals surface area contributed by atoms with Crippen LogP contribution < -0.4 is 21.0 Å². The minimum atomic E-state index is -1.27. The number of rotatable bonds is 7. The SMILES string of the molecule is COc1ncc2cc(C(=O)Nc3cc(C(=O)NN(CCC4CCCCC4)C(=O)O)ccc3Cl)c(=O)[nH]c2n1. The van der Waals surface area contributed by atoms with Gasteiger partial charge in [0.25, 0.3) is 17.4 Å².